The fourth-order valence-electron chi connectivity index (χ4n) is 2.92. The normalized spacial score (nSPS) is 19.4. The van der Waals surface area contributed by atoms with Gasteiger partial charge in [-0.05, 0) is 41.6 Å². The highest BCUT2D eigenvalue weighted by molar-refractivity contribution is 5.77. The number of benzene rings is 2. The van der Waals surface area contributed by atoms with Crippen LogP contribution in [0.25, 0.3) is 11.4 Å². The van der Waals surface area contributed by atoms with E-state index < -0.39 is 18.2 Å². The fraction of sp³-hybridized carbons (Fsp3) is 0.278. The maximum absolute atomic E-state index is 12.7. The van der Waals surface area contributed by atoms with Crippen molar-refractivity contribution < 1.29 is 23.0 Å². The van der Waals surface area contributed by atoms with E-state index in [4.69, 9.17) is 4.74 Å². The highest BCUT2D eigenvalue weighted by atomic mass is 19.4. The lowest BCUT2D eigenvalue weighted by molar-refractivity contribution is -0.137. The number of anilines is 2. The molecule has 0 aliphatic carbocycles. The molecule has 0 bridgehead atoms. The van der Waals surface area contributed by atoms with Crippen LogP contribution in [0.15, 0.2) is 48.5 Å². The fourth-order valence-corrected chi connectivity index (χ4v) is 2.92. The standard InChI is InChI=1S/C18H17F3N6O2/c19-18(20,21)11-5-7-12(8-6-11)22-15-4-2-1-3-14(15)16-24-26-27(25-16)9-13-10-29-17(28)23-13/h1-8,13,17,22-23,28H,9-10H2. The van der Waals surface area contributed by atoms with Crippen molar-refractivity contribution in [1.29, 1.82) is 0 Å². The summed E-state index contributed by atoms with van der Waals surface area (Å²) < 4.78 is 43.2. The van der Waals surface area contributed by atoms with Crippen LogP contribution in [0.1, 0.15) is 5.56 Å². The summed E-state index contributed by atoms with van der Waals surface area (Å²) >= 11 is 0. The molecule has 3 aromatic rings. The molecule has 1 aromatic heterocycles. The minimum atomic E-state index is -4.38. The molecule has 0 spiro atoms. The maximum Gasteiger partial charge on any atom is 0.416 e. The number of tetrazole rings is 1. The molecule has 3 N–H and O–H groups in total. The predicted octanol–water partition coefficient (Wildman–Crippen LogP) is 2.37. The van der Waals surface area contributed by atoms with Crippen molar-refractivity contribution in [2.45, 2.75) is 25.2 Å². The molecule has 0 amide bonds. The zero-order chi connectivity index (χ0) is 20.4. The Labute approximate surface area is 163 Å². The molecule has 4 rings (SSSR count). The Morgan fingerprint density at radius 2 is 1.93 bits per heavy atom. The lowest BCUT2D eigenvalue weighted by Gasteiger charge is -2.11. The van der Waals surface area contributed by atoms with Gasteiger partial charge in [0.25, 0.3) is 0 Å². The summed E-state index contributed by atoms with van der Waals surface area (Å²) in [5, 5.41) is 27.7. The van der Waals surface area contributed by atoms with Crippen LogP contribution in [-0.4, -0.2) is 44.4 Å². The number of alkyl halides is 3. The predicted molar refractivity (Wildman–Crippen MR) is 96.9 cm³/mol. The molecule has 2 aromatic carbocycles. The van der Waals surface area contributed by atoms with Gasteiger partial charge >= 0.3 is 6.18 Å². The van der Waals surface area contributed by atoms with E-state index in [2.05, 4.69) is 26.0 Å². The lowest BCUT2D eigenvalue weighted by atomic mass is 10.1. The van der Waals surface area contributed by atoms with Crippen LogP contribution in [0.4, 0.5) is 24.5 Å². The molecule has 2 unspecified atom stereocenters. The molecule has 0 saturated carbocycles. The Kier molecular flexibility index (Phi) is 5.18. The molecular formula is C18H17F3N6O2. The average Bonchev–Trinajstić information content (AvgIpc) is 3.31. The molecule has 0 radical (unpaired) electrons. The summed E-state index contributed by atoms with van der Waals surface area (Å²) in [6.45, 7) is 0.683. The average molecular weight is 406 g/mol. The maximum atomic E-state index is 12.7. The molecule has 2 heterocycles. The van der Waals surface area contributed by atoms with Crippen molar-refractivity contribution >= 4 is 11.4 Å². The quantitative estimate of drug-likeness (QED) is 0.599. The first-order valence-electron chi connectivity index (χ1n) is 8.76. The first-order chi connectivity index (χ1) is 13.9. The minimum Gasteiger partial charge on any atom is -0.356 e. The highest BCUT2D eigenvalue weighted by Crippen LogP contribution is 2.32. The van der Waals surface area contributed by atoms with Gasteiger partial charge in [0, 0.05) is 16.9 Å². The number of nitrogens with zero attached hydrogens (tertiary/aromatic N) is 4. The summed E-state index contributed by atoms with van der Waals surface area (Å²) in [6.07, 6.45) is -5.38. The minimum absolute atomic E-state index is 0.146. The van der Waals surface area contributed by atoms with Crippen molar-refractivity contribution in [1.82, 2.24) is 25.5 Å². The smallest absolute Gasteiger partial charge is 0.356 e. The highest BCUT2D eigenvalue weighted by Gasteiger charge is 2.30. The van der Waals surface area contributed by atoms with Crippen molar-refractivity contribution in [2.24, 2.45) is 0 Å². The van der Waals surface area contributed by atoms with Gasteiger partial charge in [0.2, 0.25) is 12.2 Å². The van der Waals surface area contributed by atoms with Gasteiger partial charge < -0.3 is 15.2 Å². The van der Waals surface area contributed by atoms with E-state index in [0.29, 0.717) is 35.9 Å². The van der Waals surface area contributed by atoms with Crippen LogP contribution in [-0.2, 0) is 17.5 Å². The summed E-state index contributed by atoms with van der Waals surface area (Å²) in [6, 6.07) is 11.8. The van der Waals surface area contributed by atoms with Gasteiger partial charge in [0.15, 0.2) is 0 Å². The van der Waals surface area contributed by atoms with Gasteiger partial charge in [-0.3, -0.25) is 5.32 Å². The first-order valence-corrected chi connectivity index (χ1v) is 8.76. The summed E-state index contributed by atoms with van der Waals surface area (Å²) in [5.41, 5.74) is 1.06. The second kappa shape index (κ2) is 7.78. The molecule has 1 saturated heterocycles. The van der Waals surface area contributed by atoms with E-state index in [9.17, 15) is 18.3 Å². The van der Waals surface area contributed by atoms with Crippen LogP contribution >= 0.6 is 0 Å². The number of aliphatic hydroxyl groups excluding tert-OH is 1. The molecule has 1 aliphatic heterocycles. The number of hydrogen-bond acceptors (Lipinski definition) is 7. The molecule has 152 valence electrons. The zero-order valence-electron chi connectivity index (χ0n) is 15.0. The number of aromatic nitrogens is 4. The van der Waals surface area contributed by atoms with Crippen LogP contribution in [0.5, 0.6) is 0 Å². The number of para-hydroxylation sites is 1. The Bertz CT molecular complexity index is 976. The van der Waals surface area contributed by atoms with E-state index in [1.165, 1.54) is 16.9 Å². The third-order valence-electron chi connectivity index (χ3n) is 4.33. The second-order valence-corrected chi connectivity index (χ2v) is 6.46. The molecule has 1 aliphatic rings. The van der Waals surface area contributed by atoms with E-state index >= 15 is 0 Å². The van der Waals surface area contributed by atoms with Crippen molar-refractivity contribution in [2.75, 3.05) is 11.9 Å². The number of aliphatic hydroxyl groups is 1. The monoisotopic (exact) mass is 406 g/mol. The Morgan fingerprint density at radius 3 is 2.62 bits per heavy atom. The van der Waals surface area contributed by atoms with E-state index in [1.54, 1.807) is 24.3 Å². The topological polar surface area (TPSA) is 97.1 Å². The first kappa shape index (κ1) is 19.3. The van der Waals surface area contributed by atoms with Gasteiger partial charge in [-0.2, -0.15) is 18.0 Å². The zero-order valence-corrected chi connectivity index (χ0v) is 15.0. The van der Waals surface area contributed by atoms with Crippen LogP contribution < -0.4 is 10.6 Å². The Balaban J connectivity index is 1.51. The third kappa shape index (κ3) is 4.53. The van der Waals surface area contributed by atoms with E-state index in [1.807, 2.05) is 0 Å². The largest absolute Gasteiger partial charge is 0.416 e. The third-order valence-corrected chi connectivity index (χ3v) is 4.33. The molecule has 29 heavy (non-hydrogen) atoms. The van der Waals surface area contributed by atoms with Crippen LogP contribution in [0, 0.1) is 0 Å². The van der Waals surface area contributed by atoms with Crippen LogP contribution in [0.3, 0.4) is 0 Å². The summed E-state index contributed by atoms with van der Waals surface area (Å²) in [5.74, 6) is 0.361. The number of nitrogens with one attached hydrogen (secondary N) is 2. The molecule has 8 nitrogen and oxygen atoms in total. The number of halogens is 3. The van der Waals surface area contributed by atoms with Gasteiger partial charge in [0.05, 0.1) is 24.8 Å². The molecular weight excluding hydrogens is 389 g/mol. The number of ether oxygens (including phenoxy) is 1. The van der Waals surface area contributed by atoms with E-state index in [-0.39, 0.29) is 6.04 Å². The van der Waals surface area contributed by atoms with Crippen LogP contribution in [0.2, 0.25) is 0 Å². The number of hydrogen-bond donors (Lipinski definition) is 3. The number of rotatable bonds is 5. The second-order valence-electron chi connectivity index (χ2n) is 6.46. The van der Waals surface area contributed by atoms with Gasteiger partial charge in [-0.15, -0.1) is 10.2 Å². The summed E-state index contributed by atoms with van der Waals surface area (Å²) in [7, 11) is 0. The SMILES string of the molecule is OC1NC(Cn2nnc(-c3ccccc3Nc3ccc(C(F)(F)F)cc3)n2)CO1. The van der Waals surface area contributed by atoms with Crippen molar-refractivity contribution in [3.63, 3.8) is 0 Å². The van der Waals surface area contributed by atoms with Gasteiger partial charge in [-0.1, -0.05) is 12.1 Å². The molecule has 1 fully saturated rings. The van der Waals surface area contributed by atoms with Crippen molar-refractivity contribution in [3.8, 4) is 11.4 Å². The van der Waals surface area contributed by atoms with Gasteiger partial charge in [-0.25, -0.2) is 0 Å². The molecule has 11 heteroatoms. The van der Waals surface area contributed by atoms with E-state index in [0.717, 1.165) is 12.1 Å². The summed E-state index contributed by atoms with van der Waals surface area (Å²) in [4.78, 5) is 1.39. The Morgan fingerprint density at radius 1 is 1.17 bits per heavy atom. The van der Waals surface area contributed by atoms with Crippen molar-refractivity contribution in [3.05, 3.63) is 54.1 Å². The molecule has 2 atom stereocenters. The Hall–Kier alpha value is -3.02. The lowest BCUT2D eigenvalue weighted by Crippen LogP contribution is -2.34. The van der Waals surface area contributed by atoms with Gasteiger partial charge in [0.1, 0.15) is 0 Å².